The quantitative estimate of drug-likeness (QED) is 0.673. The van der Waals surface area contributed by atoms with E-state index in [-0.39, 0.29) is 12.0 Å². The highest BCUT2D eigenvalue weighted by atomic mass is 16.5. The van der Waals surface area contributed by atoms with Crippen LogP contribution in [0.1, 0.15) is 34.1 Å². The molecule has 1 heterocycles. The predicted molar refractivity (Wildman–Crippen MR) is 81.9 cm³/mol. The van der Waals surface area contributed by atoms with Crippen molar-refractivity contribution in [2.24, 2.45) is 0 Å². The lowest BCUT2D eigenvalue weighted by atomic mass is 10.1. The Hall–Kier alpha value is -0.650. The van der Waals surface area contributed by atoms with Crippen molar-refractivity contribution >= 4 is 5.97 Å². The lowest BCUT2D eigenvalue weighted by Crippen LogP contribution is -2.49. The van der Waals surface area contributed by atoms with Crippen LogP contribution in [0.3, 0.4) is 0 Å². The van der Waals surface area contributed by atoms with Gasteiger partial charge in [0, 0.05) is 38.8 Å². The second-order valence-electron chi connectivity index (χ2n) is 5.69. The summed E-state index contributed by atoms with van der Waals surface area (Å²) in [5.74, 6) is -0.117. The van der Waals surface area contributed by atoms with Crippen LogP contribution in [-0.4, -0.2) is 73.7 Å². The van der Waals surface area contributed by atoms with Gasteiger partial charge in [-0.2, -0.15) is 0 Å². The number of ether oxygens (including phenoxy) is 1. The van der Waals surface area contributed by atoms with Crippen LogP contribution >= 0.6 is 0 Å². The first-order valence-corrected chi connectivity index (χ1v) is 7.94. The zero-order chi connectivity index (χ0) is 15.0. The molecule has 1 saturated heterocycles. The van der Waals surface area contributed by atoms with Crippen LogP contribution < -0.4 is 5.32 Å². The lowest BCUT2D eigenvalue weighted by Gasteiger charge is -2.34. The first-order chi connectivity index (χ1) is 9.56. The fourth-order valence-corrected chi connectivity index (χ4v) is 2.56. The molecule has 0 amide bonds. The van der Waals surface area contributed by atoms with Crippen molar-refractivity contribution in [3.8, 4) is 0 Å². The average molecular weight is 285 g/mol. The van der Waals surface area contributed by atoms with Crippen LogP contribution in [-0.2, 0) is 9.53 Å². The van der Waals surface area contributed by atoms with Gasteiger partial charge in [0.2, 0.25) is 0 Å². The maximum absolute atomic E-state index is 11.9. The van der Waals surface area contributed by atoms with Gasteiger partial charge >= 0.3 is 5.97 Å². The number of hydrogen-bond acceptors (Lipinski definition) is 5. The zero-order valence-electron chi connectivity index (χ0n) is 13.5. The van der Waals surface area contributed by atoms with Crippen molar-refractivity contribution in [3.63, 3.8) is 0 Å². The molecule has 0 aromatic heterocycles. The molecular formula is C15H31N3O2. The van der Waals surface area contributed by atoms with Crippen LogP contribution in [0.2, 0.25) is 0 Å². The molecule has 1 fully saturated rings. The fraction of sp³-hybridized carbons (Fsp3) is 0.933. The number of hydrogen-bond donors (Lipinski definition) is 1. The Kier molecular flexibility index (Phi) is 8.11. The molecule has 20 heavy (non-hydrogen) atoms. The first kappa shape index (κ1) is 17.4. The van der Waals surface area contributed by atoms with Gasteiger partial charge in [0.15, 0.2) is 0 Å². The number of piperazine rings is 1. The van der Waals surface area contributed by atoms with Gasteiger partial charge in [0.25, 0.3) is 0 Å². The standard InChI is InChI=1S/C15H31N3O2/c1-5-17-9-11-18(12-10-17)8-7-14(16-13(3)4)15(19)20-6-2/h13-14,16H,5-12H2,1-4H3. The number of nitrogens with zero attached hydrogens (tertiary/aromatic N) is 2. The third kappa shape index (κ3) is 6.20. The zero-order valence-corrected chi connectivity index (χ0v) is 13.5. The third-order valence-corrected chi connectivity index (χ3v) is 3.75. The van der Waals surface area contributed by atoms with Gasteiger partial charge in [0.05, 0.1) is 6.61 Å². The molecule has 0 bridgehead atoms. The first-order valence-electron chi connectivity index (χ1n) is 7.94. The van der Waals surface area contributed by atoms with Crippen molar-refractivity contribution in [1.82, 2.24) is 15.1 Å². The van der Waals surface area contributed by atoms with Crippen LogP contribution in [0, 0.1) is 0 Å². The molecule has 118 valence electrons. The van der Waals surface area contributed by atoms with Gasteiger partial charge in [-0.25, -0.2) is 0 Å². The van der Waals surface area contributed by atoms with Crippen molar-refractivity contribution in [2.45, 2.75) is 46.2 Å². The highest BCUT2D eigenvalue weighted by Crippen LogP contribution is 2.05. The van der Waals surface area contributed by atoms with Crippen LogP contribution in [0.5, 0.6) is 0 Å². The van der Waals surface area contributed by atoms with Gasteiger partial charge in [-0.05, 0) is 19.9 Å². The van der Waals surface area contributed by atoms with Crippen LogP contribution in [0.25, 0.3) is 0 Å². The van der Waals surface area contributed by atoms with E-state index in [0.717, 1.165) is 45.7 Å². The van der Waals surface area contributed by atoms with E-state index < -0.39 is 0 Å². The number of carbonyl (C=O) groups is 1. The molecule has 5 nitrogen and oxygen atoms in total. The van der Waals surface area contributed by atoms with Gasteiger partial charge in [-0.3, -0.25) is 4.79 Å². The minimum Gasteiger partial charge on any atom is -0.465 e. The Morgan fingerprint density at radius 1 is 1.15 bits per heavy atom. The number of nitrogens with one attached hydrogen (secondary N) is 1. The Balaban J connectivity index is 2.36. The molecule has 0 aromatic carbocycles. The molecule has 5 heteroatoms. The minimum atomic E-state index is -0.181. The highest BCUT2D eigenvalue weighted by Gasteiger charge is 2.22. The summed E-state index contributed by atoms with van der Waals surface area (Å²) in [6.07, 6.45) is 0.823. The smallest absolute Gasteiger partial charge is 0.323 e. The Morgan fingerprint density at radius 3 is 2.25 bits per heavy atom. The van der Waals surface area contributed by atoms with Crippen molar-refractivity contribution in [2.75, 3.05) is 45.9 Å². The number of likely N-dealkylation sites (N-methyl/N-ethyl adjacent to an activating group) is 1. The van der Waals surface area contributed by atoms with E-state index in [0.29, 0.717) is 12.6 Å². The summed E-state index contributed by atoms with van der Waals surface area (Å²) in [5, 5.41) is 3.31. The molecule has 0 radical (unpaired) electrons. The molecule has 0 spiro atoms. The third-order valence-electron chi connectivity index (χ3n) is 3.75. The fourth-order valence-electron chi connectivity index (χ4n) is 2.56. The summed E-state index contributed by atoms with van der Waals surface area (Å²) in [6, 6.07) is 0.112. The summed E-state index contributed by atoms with van der Waals surface area (Å²) in [6.45, 7) is 15.2. The van der Waals surface area contributed by atoms with E-state index in [1.165, 1.54) is 0 Å². The van der Waals surface area contributed by atoms with E-state index in [9.17, 15) is 4.79 Å². The summed E-state index contributed by atoms with van der Waals surface area (Å²) in [7, 11) is 0. The number of esters is 1. The van der Waals surface area contributed by atoms with Gasteiger partial charge in [0.1, 0.15) is 6.04 Å². The predicted octanol–water partition coefficient (Wildman–Crippen LogP) is 0.944. The SMILES string of the molecule is CCOC(=O)C(CCN1CCN(CC)CC1)NC(C)C. The molecule has 1 N–H and O–H groups in total. The summed E-state index contributed by atoms with van der Waals surface area (Å²) < 4.78 is 5.15. The van der Waals surface area contributed by atoms with E-state index in [1.807, 2.05) is 6.92 Å². The topological polar surface area (TPSA) is 44.8 Å². The summed E-state index contributed by atoms with van der Waals surface area (Å²) in [5.41, 5.74) is 0. The molecule has 1 unspecified atom stereocenters. The Labute approximate surface area is 123 Å². The number of carbonyl (C=O) groups excluding carboxylic acids is 1. The van der Waals surface area contributed by atoms with Crippen molar-refractivity contribution in [1.29, 1.82) is 0 Å². The van der Waals surface area contributed by atoms with Crippen molar-refractivity contribution < 1.29 is 9.53 Å². The Morgan fingerprint density at radius 2 is 1.75 bits per heavy atom. The van der Waals surface area contributed by atoms with Gasteiger partial charge in [-0.1, -0.05) is 20.8 Å². The highest BCUT2D eigenvalue weighted by molar-refractivity contribution is 5.75. The summed E-state index contributed by atoms with van der Waals surface area (Å²) in [4.78, 5) is 16.8. The van der Waals surface area contributed by atoms with Gasteiger partial charge in [-0.15, -0.1) is 0 Å². The van der Waals surface area contributed by atoms with E-state index in [2.05, 4.69) is 35.9 Å². The maximum Gasteiger partial charge on any atom is 0.323 e. The lowest BCUT2D eigenvalue weighted by molar-refractivity contribution is -0.146. The van der Waals surface area contributed by atoms with Crippen molar-refractivity contribution in [3.05, 3.63) is 0 Å². The van der Waals surface area contributed by atoms with E-state index in [1.54, 1.807) is 0 Å². The molecule has 1 aliphatic heterocycles. The maximum atomic E-state index is 11.9. The number of rotatable bonds is 8. The molecule has 1 rings (SSSR count). The minimum absolute atomic E-state index is 0.117. The van der Waals surface area contributed by atoms with Crippen LogP contribution in [0.15, 0.2) is 0 Å². The Bertz CT molecular complexity index is 276. The molecule has 0 aromatic rings. The average Bonchev–Trinajstić information content (AvgIpc) is 2.43. The molecule has 0 aliphatic carbocycles. The van der Waals surface area contributed by atoms with Crippen LogP contribution in [0.4, 0.5) is 0 Å². The molecule has 1 aliphatic rings. The monoisotopic (exact) mass is 285 g/mol. The largest absolute Gasteiger partial charge is 0.465 e. The van der Waals surface area contributed by atoms with E-state index >= 15 is 0 Å². The molecular weight excluding hydrogens is 254 g/mol. The second-order valence-corrected chi connectivity index (χ2v) is 5.69. The second kappa shape index (κ2) is 9.32. The molecule has 0 saturated carbocycles. The normalized spacial score (nSPS) is 19.2. The molecule has 1 atom stereocenters. The van der Waals surface area contributed by atoms with E-state index in [4.69, 9.17) is 4.74 Å². The summed E-state index contributed by atoms with van der Waals surface area (Å²) >= 11 is 0. The van der Waals surface area contributed by atoms with Gasteiger partial charge < -0.3 is 19.9 Å².